The lowest BCUT2D eigenvalue weighted by Gasteiger charge is -2.12. The lowest BCUT2D eigenvalue weighted by Crippen LogP contribution is -2.23. The van der Waals surface area contributed by atoms with Gasteiger partial charge in [-0.1, -0.05) is 41.7 Å². The van der Waals surface area contributed by atoms with Gasteiger partial charge in [-0.15, -0.1) is 0 Å². The van der Waals surface area contributed by atoms with Crippen LogP contribution in [0.3, 0.4) is 0 Å². The van der Waals surface area contributed by atoms with Crippen LogP contribution >= 0.6 is 11.3 Å². The summed E-state index contributed by atoms with van der Waals surface area (Å²) in [7, 11) is 0. The molecule has 0 radical (unpaired) electrons. The molecule has 0 aliphatic rings. The van der Waals surface area contributed by atoms with Crippen molar-refractivity contribution in [1.29, 1.82) is 0 Å². The standard InChI is InChI=1S/C22H21F3N2O2S/c1-13-5-4-6-14(2)18(13)12-27-15(3)19(30-21(27)29)20(28)26-11-16-7-9-17(10-8-16)22(23,24)25/h4-10H,11-12H2,1-3H3,(H,26,28). The van der Waals surface area contributed by atoms with E-state index >= 15 is 0 Å². The van der Waals surface area contributed by atoms with Crippen molar-refractivity contribution in [3.63, 3.8) is 0 Å². The number of hydrogen-bond acceptors (Lipinski definition) is 3. The highest BCUT2D eigenvalue weighted by molar-refractivity contribution is 7.11. The smallest absolute Gasteiger partial charge is 0.347 e. The molecule has 0 spiro atoms. The lowest BCUT2D eigenvalue weighted by molar-refractivity contribution is -0.137. The highest BCUT2D eigenvalue weighted by Crippen LogP contribution is 2.29. The summed E-state index contributed by atoms with van der Waals surface area (Å²) in [6, 6.07) is 10.5. The SMILES string of the molecule is Cc1cccc(C)c1Cn1c(C)c(C(=O)NCc2ccc(C(F)(F)F)cc2)sc1=O. The zero-order valence-corrected chi connectivity index (χ0v) is 17.6. The summed E-state index contributed by atoms with van der Waals surface area (Å²) in [6.45, 7) is 6.13. The topological polar surface area (TPSA) is 51.1 Å². The van der Waals surface area contributed by atoms with Gasteiger partial charge in [-0.25, -0.2) is 0 Å². The largest absolute Gasteiger partial charge is 0.416 e. The Labute approximate surface area is 176 Å². The van der Waals surface area contributed by atoms with Crippen molar-refractivity contribution < 1.29 is 18.0 Å². The van der Waals surface area contributed by atoms with Gasteiger partial charge in [-0.3, -0.25) is 14.2 Å². The third kappa shape index (κ3) is 4.64. The molecule has 0 fully saturated rings. The molecule has 0 aliphatic carbocycles. The average Bonchev–Trinajstić information content (AvgIpc) is 2.96. The number of aryl methyl sites for hydroxylation is 2. The van der Waals surface area contributed by atoms with Gasteiger partial charge in [-0.05, 0) is 55.2 Å². The van der Waals surface area contributed by atoms with E-state index in [0.29, 0.717) is 22.7 Å². The molecule has 0 aliphatic heterocycles. The van der Waals surface area contributed by atoms with E-state index in [4.69, 9.17) is 0 Å². The molecule has 1 aromatic heterocycles. The van der Waals surface area contributed by atoms with Crippen LogP contribution in [0.1, 0.15) is 43.2 Å². The predicted octanol–water partition coefficient (Wildman–Crippen LogP) is 4.83. The molecule has 0 bridgehead atoms. The Balaban J connectivity index is 1.74. The minimum atomic E-state index is -4.40. The van der Waals surface area contributed by atoms with E-state index in [2.05, 4.69) is 5.32 Å². The molecule has 0 unspecified atom stereocenters. The second-order valence-electron chi connectivity index (χ2n) is 7.12. The van der Waals surface area contributed by atoms with Crippen molar-refractivity contribution in [2.75, 3.05) is 0 Å². The number of thiazole rings is 1. The molecule has 4 nitrogen and oxygen atoms in total. The maximum atomic E-state index is 12.6. The Hall–Kier alpha value is -2.87. The van der Waals surface area contributed by atoms with Gasteiger partial charge in [0, 0.05) is 12.2 Å². The van der Waals surface area contributed by atoms with Gasteiger partial charge in [0.1, 0.15) is 4.88 Å². The number of hydrogen-bond donors (Lipinski definition) is 1. The summed E-state index contributed by atoms with van der Waals surface area (Å²) in [5.41, 5.74) is 3.54. The molecule has 1 N–H and O–H groups in total. The third-order valence-electron chi connectivity index (χ3n) is 5.04. The normalized spacial score (nSPS) is 11.5. The van der Waals surface area contributed by atoms with Gasteiger partial charge in [0.25, 0.3) is 5.91 Å². The van der Waals surface area contributed by atoms with Crippen molar-refractivity contribution in [2.45, 2.75) is 40.0 Å². The first-order chi connectivity index (χ1) is 14.1. The number of amides is 1. The van der Waals surface area contributed by atoms with Gasteiger partial charge in [0.15, 0.2) is 0 Å². The summed E-state index contributed by atoms with van der Waals surface area (Å²) >= 11 is 0.868. The maximum absolute atomic E-state index is 12.6. The summed E-state index contributed by atoms with van der Waals surface area (Å²) in [4.78, 5) is 25.2. The zero-order chi connectivity index (χ0) is 22.1. The molecule has 3 aromatic rings. The number of nitrogens with zero attached hydrogens (tertiary/aromatic N) is 1. The van der Waals surface area contributed by atoms with Crippen LogP contribution in [-0.4, -0.2) is 10.5 Å². The predicted molar refractivity (Wildman–Crippen MR) is 111 cm³/mol. The molecule has 30 heavy (non-hydrogen) atoms. The Kier molecular flexibility index (Phi) is 6.17. The van der Waals surface area contributed by atoms with Crippen LogP contribution in [0.4, 0.5) is 13.2 Å². The van der Waals surface area contributed by atoms with Gasteiger partial charge in [0.05, 0.1) is 12.1 Å². The number of alkyl halides is 3. The van der Waals surface area contributed by atoms with Gasteiger partial charge in [-0.2, -0.15) is 13.2 Å². The molecule has 0 saturated heterocycles. The Bertz CT molecular complexity index is 1110. The van der Waals surface area contributed by atoms with E-state index in [1.54, 1.807) is 11.5 Å². The molecule has 1 amide bonds. The van der Waals surface area contributed by atoms with Crippen molar-refractivity contribution in [3.05, 3.63) is 90.5 Å². The average molecular weight is 434 g/mol. The first-order valence-electron chi connectivity index (χ1n) is 9.27. The van der Waals surface area contributed by atoms with Crippen LogP contribution in [0.2, 0.25) is 0 Å². The monoisotopic (exact) mass is 434 g/mol. The lowest BCUT2D eigenvalue weighted by atomic mass is 10.0. The van der Waals surface area contributed by atoms with Crippen LogP contribution in [-0.2, 0) is 19.3 Å². The molecule has 3 rings (SSSR count). The molecule has 2 aromatic carbocycles. The first-order valence-corrected chi connectivity index (χ1v) is 10.1. The molecule has 158 valence electrons. The Morgan fingerprint density at radius 2 is 1.63 bits per heavy atom. The molecular formula is C22H21F3N2O2S. The van der Waals surface area contributed by atoms with E-state index < -0.39 is 17.6 Å². The fourth-order valence-corrected chi connectivity index (χ4v) is 4.11. The summed E-state index contributed by atoms with van der Waals surface area (Å²) in [6.07, 6.45) is -4.40. The number of carbonyl (C=O) groups is 1. The maximum Gasteiger partial charge on any atom is 0.416 e. The quantitative estimate of drug-likeness (QED) is 0.625. The van der Waals surface area contributed by atoms with E-state index in [0.717, 1.165) is 40.2 Å². The number of benzene rings is 2. The number of carbonyl (C=O) groups excluding carboxylic acids is 1. The van der Waals surface area contributed by atoms with Crippen LogP contribution < -0.4 is 10.2 Å². The van der Waals surface area contributed by atoms with Crippen molar-refractivity contribution in [3.8, 4) is 0 Å². The van der Waals surface area contributed by atoms with Crippen LogP contribution in [0.5, 0.6) is 0 Å². The highest BCUT2D eigenvalue weighted by Gasteiger charge is 2.30. The molecular weight excluding hydrogens is 413 g/mol. The van der Waals surface area contributed by atoms with E-state index in [1.165, 1.54) is 12.1 Å². The number of aromatic nitrogens is 1. The second-order valence-corrected chi connectivity index (χ2v) is 8.08. The van der Waals surface area contributed by atoms with Crippen molar-refractivity contribution >= 4 is 17.2 Å². The Morgan fingerprint density at radius 3 is 2.20 bits per heavy atom. The second kappa shape index (κ2) is 8.47. The fraction of sp³-hybridized carbons (Fsp3) is 0.273. The number of halogens is 3. The molecule has 1 heterocycles. The van der Waals surface area contributed by atoms with E-state index in [1.807, 2.05) is 32.0 Å². The summed E-state index contributed by atoms with van der Waals surface area (Å²) < 4.78 is 39.5. The minimum Gasteiger partial charge on any atom is -0.347 e. The molecule has 8 heteroatoms. The summed E-state index contributed by atoms with van der Waals surface area (Å²) in [5, 5.41) is 2.68. The Morgan fingerprint density at radius 1 is 1.03 bits per heavy atom. The van der Waals surface area contributed by atoms with E-state index in [9.17, 15) is 22.8 Å². The molecule has 0 saturated carbocycles. The minimum absolute atomic E-state index is 0.0689. The van der Waals surface area contributed by atoms with Crippen LogP contribution in [0.25, 0.3) is 0 Å². The van der Waals surface area contributed by atoms with Crippen LogP contribution in [0.15, 0.2) is 47.3 Å². The zero-order valence-electron chi connectivity index (χ0n) is 16.8. The van der Waals surface area contributed by atoms with E-state index in [-0.39, 0.29) is 11.4 Å². The highest BCUT2D eigenvalue weighted by atomic mass is 32.1. The number of nitrogens with one attached hydrogen (secondary N) is 1. The van der Waals surface area contributed by atoms with Crippen LogP contribution in [0, 0.1) is 20.8 Å². The van der Waals surface area contributed by atoms with Gasteiger partial charge in [0.2, 0.25) is 0 Å². The summed E-state index contributed by atoms with van der Waals surface area (Å²) in [5.74, 6) is -0.422. The molecule has 0 atom stereocenters. The van der Waals surface area contributed by atoms with Gasteiger partial charge >= 0.3 is 11.0 Å². The van der Waals surface area contributed by atoms with Crippen molar-refractivity contribution in [2.24, 2.45) is 0 Å². The first kappa shape index (κ1) is 21.8. The third-order valence-corrected chi connectivity index (χ3v) is 6.12. The number of rotatable bonds is 5. The van der Waals surface area contributed by atoms with Gasteiger partial charge < -0.3 is 5.32 Å². The fourth-order valence-electron chi connectivity index (χ4n) is 3.20. The van der Waals surface area contributed by atoms with Crippen molar-refractivity contribution in [1.82, 2.24) is 9.88 Å².